The van der Waals surface area contributed by atoms with Crippen molar-refractivity contribution in [2.24, 2.45) is 11.8 Å². The number of aromatic nitrogens is 4. The summed E-state index contributed by atoms with van der Waals surface area (Å²) in [6.45, 7) is 5.83. The van der Waals surface area contributed by atoms with Gasteiger partial charge < -0.3 is 19.3 Å². The molecule has 0 atom stereocenters. The summed E-state index contributed by atoms with van der Waals surface area (Å²) in [5.41, 5.74) is -0.990. The highest BCUT2D eigenvalue weighted by molar-refractivity contribution is 6.03. The van der Waals surface area contributed by atoms with Gasteiger partial charge in [0.15, 0.2) is 11.4 Å². The largest absolute Gasteiger partial charge is 0.444 e. The minimum atomic E-state index is -2.90. The van der Waals surface area contributed by atoms with Crippen molar-refractivity contribution in [2.75, 3.05) is 16.8 Å². The predicted molar refractivity (Wildman–Crippen MR) is 148 cm³/mol. The lowest BCUT2D eigenvalue weighted by atomic mass is 9.87. The maximum atomic E-state index is 13.8. The standard InChI is InChI=1S/C29H34F2N6O5/c1-29(2,3)42-28(40)36(13-17-4-5-17)23-12-19(10-11-32-23)27-34-22(16-41-27)26(39)33-21-14-37(35-24(21)25(30)31)20-8-6-18(15-38)7-9-20/h10-12,14-18,20,25H,4-9,13H2,1-3H3,(H,33,39)/t18-,20-. The van der Waals surface area contributed by atoms with Crippen molar-refractivity contribution in [3.05, 3.63) is 42.2 Å². The molecule has 2 fully saturated rings. The number of pyridine rings is 1. The van der Waals surface area contributed by atoms with Crippen LogP contribution in [0.15, 0.2) is 35.2 Å². The zero-order valence-electron chi connectivity index (χ0n) is 23.8. The Morgan fingerprint density at radius 1 is 1.21 bits per heavy atom. The van der Waals surface area contributed by atoms with E-state index in [1.54, 1.807) is 32.9 Å². The first kappa shape index (κ1) is 29.3. The van der Waals surface area contributed by atoms with Gasteiger partial charge in [-0.2, -0.15) is 5.10 Å². The van der Waals surface area contributed by atoms with Gasteiger partial charge in [0.25, 0.3) is 12.3 Å². The minimum Gasteiger partial charge on any atom is -0.444 e. The van der Waals surface area contributed by atoms with E-state index in [0.29, 0.717) is 49.5 Å². The number of oxazole rings is 1. The molecule has 3 aromatic heterocycles. The Bertz CT molecular complexity index is 1440. The van der Waals surface area contributed by atoms with Crippen LogP contribution in [0.2, 0.25) is 0 Å². The molecule has 0 spiro atoms. The predicted octanol–water partition coefficient (Wildman–Crippen LogP) is 6.20. The van der Waals surface area contributed by atoms with Crippen LogP contribution in [0.4, 0.5) is 25.1 Å². The van der Waals surface area contributed by atoms with Crippen molar-refractivity contribution in [3.8, 4) is 11.5 Å². The Hall–Kier alpha value is -4.16. The minimum absolute atomic E-state index is 0.0260. The maximum absolute atomic E-state index is 13.8. The van der Waals surface area contributed by atoms with Crippen molar-refractivity contribution >= 4 is 29.8 Å². The van der Waals surface area contributed by atoms with Crippen LogP contribution in [0.1, 0.15) is 87.9 Å². The van der Waals surface area contributed by atoms with Crippen LogP contribution in [0.25, 0.3) is 11.5 Å². The lowest BCUT2D eigenvalue weighted by Crippen LogP contribution is -2.38. The summed E-state index contributed by atoms with van der Waals surface area (Å²) in [5.74, 6) is 0.0513. The molecular formula is C29H34F2N6O5. The number of aldehydes is 1. The Balaban J connectivity index is 1.32. The molecule has 42 heavy (non-hydrogen) atoms. The molecule has 0 saturated heterocycles. The van der Waals surface area contributed by atoms with Gasteiger partial charge in [0.1, 0.15) is 24.0 Å². The zero-order chi connectivity index (χ0) is 30.0. The number of carbonyl (C=O) groups excluding carboxylic acids is 3. The topological polar surface area (TPSA) is 132 Å². The lowest BCUT2D eigenvalue weighted by Gasteiger charge is -2.27. The number of nitrogens with one attached hydrogen (secondary N) is 1. The van der Waals surface area contributed by atoms with Crippen LogP contribution in [0.3, 0.4) is 0 Å². The Labute approximate surface area is 241 Å². The van der Waals surface area contributed by atoms with E-state index in [4.69, 9.17) is 9.15 Å². The van der Waals surface area contributed by atoms with E-state index in [1.807, 2.05) is 0 Å². The molecule has 0 aliphatic heterocycles. The highest BCUT2D eigenvalue weighted by atomic mass is 19.3. The molecular weight excluding hydrogens is 550 g/mol. The summed E-state index contributed by atoms with van der Waals surface area (Å²) in [5, 5.41) is 6.53. The molecule has 3 heterocycles. The molecule has 2 aliphatic rings. The van der Waals surface area contributed by atoms with Crippen molar-refractivity contribution in [2.45, 2.75) is 77.4 Å². The molecule has 0 unspecified atom stereocenters. The molecule has 0 bridgehead atoms. The quantitative estimate of drug-likeness (QED) is 0.294. The number of rotatable bonds is 9. The number of halogens is 2. The number of carbonyl (C=O) groups is 3. The van der Waals surface area contributed by atoms with Crippen LogP contribution in [-0.4, -0.2) is 50.2 Å². The van der Waals surface area contributed by atoms with Gasteiger partial charge in [0, 0.05) is 30.4 Å². The second-order valence-electron chi connectivity index (χ2n) is 11.8. The van der Waals surface area contributed by atoms with Crippen LogP contribution in [0.5, 0.6) is 0 Å². The molecule has 2 aliphatic carbocycles. The van der Waals surface area contributed by atoms with Crippen molar-refractivity contribution < 1.29 is 32.3 Å². The monoisotopic (exact) mass is 584 g/mol. The molecule has 0 aromatic carbocycles. The molecule has 224 valence electrons. The molecule has 2 saturated carbocycles. The average molecular weight is 585 g/mol. The van der Waals surface area contributed by atoms with Gasteiger partial charge >= 0.3 is 6.09 Å². The highest BCUT2D eigenvalue weighted by Gasteiger charge is 2.32. The average Bonchev–Trinajstić information content (AvgIpc) is 3.45. The Morgan fingerprint density at radius 2 is 1.95 bits per heavy atom. The van der Waals surface area contributed by atoms with Gasteiger partial charge in [0.2, 0.25) is 5.89 Å². The van der Waals surface area contributed by atoms with E-state index in [9.17, 15) is 23.2 Å². The van der Waals surface area contributed by atoms with Crippen LogP contribution in [0, 0.1) is 11.8 Å². The SMILES string of the molecule is CC(C)(C)OC(=O)N(CC1CC1)c1cc(-c2nc(C(=O)Nc3cn([C@H]4CC[C@H](C=O)CC4)nc3C(F)F)co2)ccn1. The van der Waals surface area contributed by atoms with Gasteiger partial charge in [-0.05, 0) is 77.3 Å². The first-order valence-electron chi connectivity index (χ1n) is 14.1. The highest BCUT2D eigenvalue weighted by Crippen LogP contribution is 2.35. The number of nitrogens with zero attached hydrogens (tertiary/aromatic N) is 5. The van der Waals surface area contributed by atoms with E-state index in [0.717, 1.165) is 25.4 Å². The molecule has 0 radical (unpaired) electrons. The van der Waals surface area contributed by atoms with E-state index in [1.165, 1.54) is 22.0 Å². The lowest BCUT2D eigenvalue weighted by molar-refractivity contribution is -0.112. The third-order valence-corrected chi connectivity index (χ3v) is 7.28. The van der Waals surface area contributed by atoms with Crippen LogP contribution in [-0.2, 0) is 9.53 Å². The second-order valence-corrected chi connectivity index (χ2v) is 11.8. The van der Waals surface area contributed by atoms with E-state index >= 15 is 0 Å². The number of alkyl halides is 2. The number of ether oxygens (including phenoxy) is 1. The van der Waals surface area contributed by atoms with Crippen LogP contribution >= 0.6 is 0 Å². The summed E-state index contributed by atoms with van der Waals surface area (Å²) >= 11 is 0. The van der Waals surface area contributed by atoms with Crippen molar-refractivity contribution in [1.29, 1.82) is 0 Å². The van der Waals surface area contributed by atoms with Gasteiger partial charge in [-0.25, -0.2) is 23.5 Å². The van der Waals surface area contributed by atoms with Gasteiger partial charge in [-0.15, -0.1) is 0 Å². The van der Waals surface area contributed by atoms with Crippen LogP contribution < -0.4 is 10.2 Å². The fraction of sp³-hybridized carbons (Fsp3) is 0.517. The summed E-state index contributed by atoms with van der Waals surface area (Å²) in [6.07, 6.45) is 6.17. The van der Waals surface area contributed by atoms with Gasteiger partial charge in [0.05, 0.1) is 11.7 Å². The fourth-order valence-electron chi connectivity index (χ4n) is 4.89. The third-order valence-electron chi connectivity index (χ3n) is 7.28. The van der Waals surface area contributed by atoms with E-state index in [-0.39, 0.29) is 29.2 Å². The molecule has 1 N–H and O–H groups in total. The molecule has 3 aromatic rings. The first-order valence-corrected chi connectivity index (χ1v) is 14.1. The van der Waals surface area contributed by atoms with Crippen molar-refractivity contribution in [1.82, 2.24) is 19.7 Å². The maximum Gasteiger partial charge on any atom is 0.416 e. The summed E-state index contributed by atoms with van der Waals surface area (Å²) in [4.78, 5) is 47.1. The summed E-state index contributed by atoms with van der Waals surface area (Å²) < 4.78 is 40.1. The second kappa shape index (κ2) is 12.0. The van der Waals surface area contributed by atoms with Crippen molar-refractivity contribution in [3.63, 3.8) is 0 Å². The number of hydrogen-bond acceptors (Lipinski definition) is 8. The third kappa shape index (κ3) is 7.00. The molecule has 5 rings (SSSR count). The zero-order valence-corrected chi connectivity index (χ0v) is 23.8. The first-order chi connectivity index (χ1) is 20.0. The summed E-state index contributed by atoms with van der Waals surface area (Å²) in [7, 11) is 0. The summed E-state index contributed by atoms with van der Waals surface area (Å²) in [6, 6.07) is 3.11. The van der Waals surface area contributed by atoms with Gasteiger partial charge in [-0.1, -0.05) is 0 Å². The fourth-order valence-corrected chi connectivity index (χ4v) is 4.89. The Morgan fingerprint density at radius 3 is 2.60 bits per heavy atom. The normalized spacial score (nSPS) is 19.0. The Kier molecular flexibility index (Phi) is 8.37. The van der Waals surface area contributed by atoms with E-state index in [2.05, 4.69) is 20.4 Å². The molecule has 11 nitrogen and oxygen atoms in total. The number of amides is 2. The smallest absolute Gasteiger partial charge is 0.416 e. The van der Waals surface area contributed by atoms with E-state index < -0.39 is 29.7 Å². The number of anilines is 2. The molecule has 13 heteroatoms. The molecule has 2 amide bonds. The van der Waals surface area contributed by atoms with Gasteiger partial charge in [-0.3, -0.25) is 14.4 Å². The number of hydrogen-bond donors (Lipinski definition) is 1.